The van der Waals surface area contributed by atoms with E-state index < -0.39 is 11.4 Å². The number of nitrogens with one attached hydrogen (secondary N) is 1. The van der Waals surface area contributed by atoms with Crippen molar-refractivity contribution in [1.82, 2.24) is 19.6 Å². The van der Waals surface area contributed by atoms with E-state index >= 15 is 0 Å². The molecule has 4 rings (SSSR count). The molecule has 0 aliphatic heterocycles. The number of aryl methyl sites for hydroxylation is 1. The third-order valence-electron chi connectivity index (χ3n) is 6.15. The standard InChI is InChI=1S/C25H30N4O2/c1-7-11-25(6,23(30)31)21-15(2)27-20-14-19(24(3,4)5)28-29(20)22(21)17-8-9-18-16(13-17)10-12-26-18/h8-10,12-14,26H,7,11H2,1-6H3,(H,30,31). The third-order valence-corrected chi connectivity index (χ3v) is 6.15. The molecule has 1 atom stereocenters. The molecule has 6 heteroatoms. The predicted octanol–water partition coefficient (Wildman–Crippen LogP) is 5.63. The van der Waals surface area contributed by atoms with Crippen LogP contribution in [0.25, 0.3) is 27.8 Å². The Kier molecular flexibility index (Phi) is 4.91. The van der Waals surface area contributed by atoms with Crippen LogP contribution in [0.4, 0.5) is 0 Å². The van der Waals surface area contributed by atoms with Crippen molar-refractivity contribution >= 4 is 22.5 Å². The summed E-state index contributed by atoms with van der Waals surface area (Å²) in [7, 11) is 0. The Labute approximate surface area is 182 Å². The molecule has 6 nitrogen and oxygen atoms in total. The van der Waals surface area contributed by atoms with E-state index in [1.54, 1.807) is 6.92 Å². The van der Waals surface area contributed by atoms with Crippen molar-refractivity contribution in [3.05, 3.63) is 53.5 Å². The third kappa shape index (κ3) is 3.40. The largest absolute Gasteiger partial charge is 0.481 e. The van der Waals surface area contributed by atoms with Gasteiger partial charge in [-0.25, -0.2) is 9.50 Å². The quantitative estimate of drug-likeness (QED) is 0.440. The van der Waals surface area contributed by atoms with Crippen LogP contribution in [0.2, 0.25) is 0 Å². The number of rotatable bonds is 5. The van der Waals surface area contributed by atoms with Crippen molar-refractivity contribution in [3.8, 4) is 11.3 Å². The summed E-state index contributed by atoms with van der Waals surface area (Å²) >= 11 is 0. The van der Waals surface area contributed by atoms with Crippen LogP contribution in [0.3, 0.4) is 0 Å². The van der Waals surface area contributed by atoms with Gasteiger partial charge in [-0.15, -0.1) is 0 Å². The smallest absolute Gasteiger partial charge is 0.313 e. The number of aromatic amines is 1. The van der Waals surface area contributed by atoms with Crippen molar-refractivity contribution in [2.45, 2.75) is 65.2 Å². The molecular weight excluding hydrogens is 388 g/mol. The molecule has 0 bridgehead atoms. The topological polar surface area (TPSA) is 83.3 Å². The van der Waals surface area contributed by atoms with E-state index in [-0.39, 0.29) is 5.41 Å². The summed E-state index contributed by atoms with van der Waals surface area (Å²) in [6.07, 6.45) is 3.18. The van der Waals surface area contributed by atoms with Crippen molar-refractivity contribution in [2.24, 2.45) is 0 Å². The number of hydrogen-bond donors (Lipinski definition) is 2. The zero-order valence-electron chi connectivity index (χ0n) is 19.1. The molecule has 0 fully saturated rings. The number of carboxylic acids is 1. The highest BCUT2D eigenvalue weighted by molar-refractivity contribution is 5.89. The molecule has 162 valence electrons. The molecule has 0 saturated carbocycles. The first-order valence-corrected chi connectivity index (χ1v) is 10.8. The Bertz CT molecular complexity index is 1290. The van der Waals surface area contributed by atoms with Gasteiger partial charge in [0, 0.05) is 45.4 Å². The maximum atomic E-state index is 12.6. The van der Waals surface area contributed by atoms with Gasteiger partial charge in [-0.05, 0) is 38.5 Å². The normalized spacial score (nSPS) is 14.3. The van der Waals surface area contributed by atoms with Gasteiger partial charge in [0.15, 0.2) is 5.65 Å². The minimum absolute atomic E-state index is 0.150. The second-order valence-corrected chi connectivity index (χ2v) is 9.64. The van der Waals surface area contributed by atoms with E-state index in [9.17, 15) is 9.90 Å². The van der Waals surface area contributed by atoms with Crippen LogP contribution < -0.4 is 0 Å². The van der Waals surface area contributed by atoms with Gasteiger partial charge >= 0.3 is 5.97 Å². The minimum atomic E-state index is -1.07. The van der Waals surface area contributed by atoms with E-state index in [1.165, 1.54) is 0 Å². The Morgan fingerprint density at radius 3 is 2.55 bits per heavy atom. The van der Waals surface area contributed by atoms with Gasteiger partial charge < -0.3 is 10.1 Å². The zero-order chi connectivity index (χ0) is 22.6. The van der Waals surface area contributed by atoms with E-state index in [0.717, 1.165) is 51.2 Å². The maximum absolute atomic E-state index is 12.6. The van der Waals surface area contributed by atoms with Gasteiger partial charge in [0.2, 0.25) is 0 Å². The highest BCUT2D eigenvalue weighted by Gasteiger charge is 2.40. The number of benzene rings is 1. The summed E-state index contributed by atoms with van der Waals surface area (Å²) in [6, 6.07) is 10.2. The van der Waals surface area contributed by atoms with Crippen molar-refractivity contribution < 1.29 is 9.90 Å². The lowest BCUT2D eigenvalue weighted by Gasteiger charge is -2.29. The van der Waals surface area contributed by atoms with Gasteiger partial charge in [0.05, 0.1) is 16.8 Å². The fraction of sp³-hybridized carbons (Fsp3) is 0.400. The molecule has 4 aromatic rings. The molecule has 3 aromatic heterocycles. The monoisotopic (exact) mass is 418 g/mol. The fourth-order valence-electron chi connectivity index (χ4n) is 4.45. The first-order chi connectivity index (χ1) is 14.6. The second-order valence-electron chi connectivity index (χ2n) is 9.64. The van der Waals surface area contributed by atoms with Gasteiger partial charge in [-0.2, -0.15) is 5.10 Å². The van der Waals surface area contributed by atoms with Crippen molar-refractivity contribution in [2.75, 3.05) is 0 Å². The average Bonchev–Trinajstić information content (AvgIpc) is 3.32. The van der Waals surface area contributed by atoms with E-state index in [0.29, 0.717) is 6.42 Å². The molecular formula is C25H30N4O2. The first-order valence-electron chi connectivity index (χ1n) is 10.8. The Hall–Kier alpha value is -3.15. The van der Waals surface area contributed by atoms with Crippen molar-refractivity contribution in [3.63, 3.8) is 0 Å². The number of hydrogen-bond acceptors (Lipinski definition) is 3. The molecule has 1 unspecified atom stereocenters. The van der Waals surface area contributed by atoms with E-state index in [4.69, 9.17) is 10.1 Å². The Morgan fingerprint density at radius 2 is 1.90 bits per heavy atom. The Balaban J connectivity index is 2.14. The van der Waals surface area contributed by atoms with Crippen LogP contribution in [0.15, 0.2) is 36.5 Å². The number of carbonyl (C=O) groups is 1. The van der Waals surface area contributed by atoms with Crippen LogP contribution in [0, 0.1) is 6.92 Å². The summed E-state index contributed by atoms with van der Waals surface area (Å²) in [6.45, 7) is 12.1. The van der Waals surface area contributed by atoms with Crippen LogP contribution in [-0.4, -0.2) is 30.7 Å². The molecule has 0 spiro atoms. The average molecular weight is 419 g/mol. The number of nitrogens with zero attached hydrogens (tertiary/aromatic N) is 3. The van der Waals surface area contributed by atoms with Crippen LogP contribution in [-0.2, 0) is 15.6 Å². The highest BCUT2D eigenvalue weighted by Crippen LogP contribution is 2.40. The first kappa shape index (κ1) is 21.1. The highest BCUT2D eigenvalue weighted by atomic mass is 16.4. The molecule has 31 heavy (non-hydrogen) atoms. The summed E-state index contributed by atoms with van der Waals surface area (Å²) in [4.78, 5) is 20.6. The summed E-state index contributed by atoms with van der Waals surface area (Å²) < 4.78 is 1.84. The molecule has 3 heterocycles. The summed E-state index contributed by atoms with van der Waals surface area (Å²) in [5.41, 5.74) is 4.68. The van der Waals surface area contributed by atoms with Crippen LogP contribution in [0.5, 0.6) is 0 Å². The Morgan fingerprint density at radius 1 is 1.16 bits per heavy atom. The SMILES string of the molecule is CCCC(C)(C(=O)O)c1c(C)nc2cc(C(C)(C)C)nn2c1-c1ccc2[nH]ccc2c1. The van der Waals surface area contributed by atoms with E-state index in [2.05, 4.69) is 31.8 Å². The van der Waals surface area contributed by atoms with Crippen LogP contribution >= 0.6 is 0 Å². The number of carboxylic acid groups (broad SMARTS) is 1. The molecule has 0 saturated heterocycles. The molecule has 0 aliphatic carbocycles. The molecule has 1 aromatic carbocycles. The fourth-order valence-corrected chi connectivity index (χ4v) is 4.45. The van der Waals surface area contributed by atoms with Crippen molar-refractivity contribution in [1.29, 1.82) is 0 Å². The molecule has 0 aliphatic rings. The van der Waals surface area contributed by atoms with Gasteiger partial charge in [0.25, 0.3) is 0 Å². The van der Waals surface area contributed by atoms with Gasteiger partial charge in [-0.3, -0.25) is 4.79 Å². The maximum Gasteiger partial charge on any atom is 0.313 e. The lowest BCUT2D eigenvalue weighted by Crippen LogP contribution is -2.35. The van der Waals surface area contributed by atoms with E-state index in [1.807, 2.05) is 48.8 Å². The lowest BCUT2D eigenvalue weighted by molar-refractivity contribution is -0.143. The second kappa shape index (κ2) is 7.22. The molecule has 0 amide bonds. The lowest BCUT2D eigenvalue weighted by atomic mass is 9.76. The minimum Gasteiger partial charge on any atom is -0.481 e. The predicted molar refractivity (Wildman–Crippen MR) is 124 cm³/mol. The summed E-state index contributed by atoms with van der Waals surface area (Å²) in [5, 5.41) is 16.3. The number of H-pyrrole nitrogens is 1. The molecule has 0 radical (unpaired) electrons. The number of aliphatic carboxylic acids is 1. The van der Waals surface area contributed by atoms with Gasteiger partial charge in [-0.1, -0.05) is 40.2 Å². The van der Waals surface area contributed by atoms with Gasteiger partial charge in [0.1, 0.15) is 0 Å². The summed E-state index contributed by atoms with van der Waals surface area (Å²) in [5.74, 6) is -0.842. The zero-order valence-corrected chi connectivity index (χ0v) is 19.1. The molecule has 2 N–H and O–H groups in total. The van der Waals surface area contributed by atoms with Crippen LogP contribution in [0.1, 0.15) is 64.4 Å². The number of aromatic nitrogens is 4. The number of fused-ring (bicyclic) bond motifs is 2.